The third-order valence-electron chi connectivity index (χ3n) is 2.94. The molecular weight excluding hydrogens is 278 g/mol. The Morgan fingerprint density at radius 2 is 1.85 bits per heavy atom. The van der Waals surface area contributed by atoms with Crippen molar-refractivity contribution >= 4 is 15.8 Å². The summed E-state index contributed by atoms with van der Waals surface area (Å²) in [4.78, 5) is 12.1. The van der Waals surface area contributed by atoms with E-state index in [2.05, 4.69) is 6.92 Å². The average Bonchev–Trinajstić information content (AvgIpc) is 2.39. The molecule has 0 amide bonds. The number of benzene rings is 1. The van der Waals surface area contributed by atoms with Crippen LogP contribution >= 0.6 is 0 Å². The fourth-order valence-corrected chi connectivity index (χ4v) is 2.64. The largest absolute Gasteiger partial charge is 0.494 e. The first-order valence-electron chi connectivity index (χ1n) is 6.65. The van der Waals surface area contributed by atoms with Crippen LogP contribution in [-0.2, 0) is 10.0 Å². The minimum atomic E-state index is -4.12. The van der Waals surface area contributed by atoms with Gasteiger partial charge in [0.25, 0.3) is 0 Å². The molecular formula is C14H20NO4S. The van der Waals surface area contributed by atoms with Crippen LogP contribution in [0.25, 0.3) is 0 Å². The molecule has 20 heavy (non-hydrogen) atoms. The number of carbonyl (C=O) groups excluding carboxylic acids is 1. The smallest absolute Gasteiger partial charge is 0.235 e. The Balaban J connectivity index is 2.80. The van der Waals surface area contributed by atoms with Crippen molar-refractivity contribution in [3.63, 3.8) is 0 Å². The van der Waals surface area contributed by atoms with Gasteiger partial charge < -0.3 is 4.74 Å². The summed E-state index contributed by atoms with van der Waals surface area (Å²) in [5.41, 5.74) is 0.288. The molecule has 0 spiro atoms. The van der Waals surface area contributed by atoms with Crippen LogP contribution in [0.3, 0.4) is 0 Å². The molecule has 1 aromatic rings. The van der Waals surface area contributed by atoms with Crippen molar-refractivity contribution < 1.29 is 17.9 Å². The fourth-order valence-electron chi connectivity index (χ4n) is 1.78. The molecule has 1 aromatic carbocycles. The molecule has 1 unspecified atom stereocenters. The Bertz CT molecular complexity index is 537. The van der Waals surface area contributed by atoms with Crippen molar-refractivity contribution in [2.24, 2.45) is 0 Å². The van der Waals surface area contributed by atoms with Gasteiger partial charge in [0.05, 0.1) is 6.61 Å². The molecule has 0 saturated heterocycles. The van der Waals surface area contributed by atoms with E-state index < -0.39 is 21.1 Å². The van der Waals surface area contributed by atoms with Gasteiger partial charge in [0.1, 0.15) is 11.0 Å². The predicted molar refractivity (Wildman–Crippen MR) is 77.3 cm³/mol. The van der Waals surface area contributed by atoms with E-state index in [4.69, 9.17) is 9.88 Å². The number of ether oxygens (including phenoxy) is 1. The van der Waals surface area contributed by atoms with E-state index in [1.54, 1.807) is 19.1 Å². The van der Waals surface area contributed by atoms with Crippen LogP contribution in [0.4, 0.5) is 0 Å². The van der Waals surface area contributed by atoms with E-state index in [1.807, 2.05) is 0 Å². The van der Waals surface area contributed by atoms with Crippen molar-refractivity contribution in [3.8, 4) is 5.75 Å². The summed E-state index contributed by atoms with van der Waals surface area (Å²) >= 11 is 0. The quantitative estimate of drug-likeness (QED) is 0.545. The second-order valence-electron chi connectivity index (χ2n) is 4.53. The van der Waals surface area contributed by atoms with Crippen LogP contribution in [-0.4, -0.2) is 26.1 Å². The SMILES string of the molecule is CCCCOc1ccc(C(=O)C(CC)S([NH])(=O)=O)cc1. The van der Waals surface area contributed by atoms with Crippen molar-refractivity contribution in [2.45, 2.75) is 38.4 Å². The molecule has 1 atom stereocenters. The number of rotatable bonds is 8. The van der Waals surface area contributed by atoms with E-state index in [9.17, 15) is 13.2 Å². The molecule has 6 heteroatoms. The van der Waals surface area contributed by atoms with Crippen LogP contribution in [0.1, 0.15) is 43.5 Å². The summed E-state index contributed by atoms with van der Waals surface area (Å²) in [6, 6.07) is 6.37. The molecule has 0 aliphatic carbocycles. The molecule has 0 aromatic heterocycles. The van der Waals surface area contributed by atoms with Gasteiger partial charge in [0.15, 0.2) is 5.78 Å². The Morgan fingerprint density at radius 1 is 1.25 bits per heavy atom. The van der Waals surface area contributed by atoms with Crippen LogP contribution in [0, 0.1) is 0 Å². The number of nitrogens with one attached hydrogen (secondary N) is 1. The lowest BCUT2D eigenvalue weighted by Crippen LogP contribution is -2.30. The molecule has 111 valence electrons. The van der Waals surface area contributed by atoms with Crippen molar-refractivity contribution in [3.05, 3.63) is 29.8 Å². The average molecular weight is 298 g/mol. The highest BCUT2D eigenvalue weighted by molar-refractivity contribution is 7.90. The molecule has 1 N–H and O–H groups in total. The third-order valence-corrected chi connectivity index (χ3v) is 4.24. The van der Waals surface area contributed by atoms with Crippen molar-refractivity contribution in [1.82, 2.24) is 5.14 Å². The monoisotopic (exact) mass is 298 g/mol. The van der Waals surface area contributed by atoms with Gasteiger partial charge in [-0.25, -0.2) is 8.42 Å². The highest BCUT2D eigenvalue weighted by Crippen LogP contribution is 2.17. The summed E-state index contributed by atoms with van der Waals surface area (Å²) in [6.45, 7) is 4.26. The van der Waals surface area contributed by atoms with Crippen LogP contribution < -0.4 is 9.88 Å². The zero-order chi connectivity index (χ0) is 15.2. The first-order valence-corrected chi connectivity index (χ1v) is 8.20. The summed E-state index contributed by atoms with van der Waals surface area (Å²) in [5.74, 6) is 0.111. The number of ketones is 1. The maximum atomic E-state index is 12.1. The van der Waals surface area contributed by atoms with Gasteiger partial charge in [-0.3, -0.25) is 4.79 Å². The van der Waals surface area contributed by atoms with E-state index >= 15 is 0 Å². The van der Waals surface area contributed by atoms with Gasteiger partial charge in [0, 0.05) is 5.56 Å². The van der Waals surface area contributed by atoms with Crippen LogP contribution in [0.2, 0.25) is 0 Å². The standard InChI is InChI=1S/C14H20NO4S/c1-3-5-10-19-12-8-6-11(7-9-12)14(16)13(4-2)20(15,17)18/h6-9,13,15H,3-5,10H2,1-2H3. The Kier molecular flexibility index (Phi) is 6.16. The molecule has 0 bridgehead atoms. The molecule has 0 heterocycles. The second kappa shape index (κ2) is 7.40. The van der Waals surface area contributed by atoms with Gasteiger partial charge >= 0.3 is 0 Å². The van der Waals surface area contributed by atoms with Gasteiger partial charge in [-0.05, 0) is 37.1 Å². The first kappa shape index (κ1) is 16.7. The lowest BCUT2D eigenvalue weighted by atomic mass is 10.1. The summed E-state index contributed by atoms with van der Waals surface area (Å²) < 4.78 is 27.9. The van der Waals surface area contributed by atoms with Gasteiger partial charge in [-0.15, -0.1) is 5.14 Å². The van der Waals surface area contributed by atoms with Crippen molar-refractivity contribution in [2.75, 3.05) is 6.61 Å². The summed E-state index contributed by atoms with van der Waals surface area (Å²) in [6.07, 6.45) is 2.09. The molecule has 1 radical (unpaired) electrons. The minimum absolute atomic E-state index is 0.0966. The molecule has 0 aliphatic rings. The number of Topliss-reactive ketones (excluding diaryl/α,β-unsaturated/α-hetero) is 1. The van der Waals surface area contributed by atoms with Gasteiger partial charge in [0.2, 0.25) is 10.0 Å². The minimum Gasteiger partial charge on any atom is -0.494 e. The van der Waals surface area contributed by atoms with Crippen molar-refractivity contribution in [1.29, 1.82) is 0 Å². The number of hydrogen-bond acceptors (Lipinski definition) is 4. The highest BCUT2D eigenvalue weighted by atomic mass is 32.2. The summed E-state index contributed by atoms with van der Waals surface area (Å²) in [7, 11) is -4.12. The maximum Gasteiger partial charge on any atom is 0.235 e. The molecule has 0 aliphatic heterocycles. The highest BCUT2D eigenvalue weighted by Gasteiger charge is 2.29. The number of unbranched alkanes of at least 4 members (excludes halogenated alkanes) is 1. The lowest BCUT2D eigenvalue weighted by molar-refractivity contribution is 0.0985. The lowest BCUT2D eigenvalue weighted by Gasteiger charge is -2.11. The number of sulfonamides is 1. The Morgan fingerprint density at radius 3 is 2.30 bits per heavy atom. The van der Waals surface area contributed by atoms with E-state index in [0.29, 0.717) is 12.4 Å². The molecule has 0 fully saturated rings. The number of carbonyl (C=O) groups is 1. The summed E-state index contributed by atoms with van der Waals surface area (Å²) in [5, 5.41) is 5.75. The first-order chi connectivity index (χ1) is 9.40. The Labute approximate surface area is 120 Å². The van der Waals surface area contributed by atoms with Crippen LogP contribution in [0.15, 0.2) is 24.3 Å². The van der Waals surface area contributed by atoms with E-state index in [1.165, 1.54) is 12.1 Å². The normalized spacial score (nSPS) is 12.9. The second-order valence-corrected chi connectivity index (χ2v) is 6.19. The fraction of sp³-hybridized carbons (Fsp3) is 0.500. The van der Waals surface area contributed by atoms with E-state index in [0.717, 1.165) is 12.8 Å². The molecule has 5 nitrogen and oxygen atoms in total. The van der Waals surface area contributed by atoms with Gasteiger partial charge in [-0.2, -0.15) is 0 Å². The Hall–Kier alpha value is -1.40. The maximum absolute atomic E-state index is 12.1. The third kappa shape index (κ3) is 4.61. The molecule has 1 rings (SSSR count). The molecule has 0 saturated carbocycles. The van der Waals surface area contributed by atoms with Gasteiger partial charge in [-0.1, -0.05) is 20.3 Å². The zero-order valence-electron chi connectivity index (χ0n) is 11.8. The number of hydrogen-bond donors (Lipinski definition) is 0. The topological polar surface area (TPSA) is 84.2 Å². The predicted octanol–water partition coefficient (Wildman–Crippen LogP) is 2.44. The zero-order valence-corrected chi connectivity index (χ0v) is 12.6. The van der Waals surface area contributed by atoms with E-state index in [-0.39, 0.29) is 12.0 Å². The van der Waals surface area contributed by atoms with Crippen LogP contribution in [0.5, 0.6) is 5.75 Å².